The van der Waals surface area contributed by atoms with Gasteiger partial charge in [0.1, 0.15) is 6.04 Å². The van der Waals surface area contributed by atoms with Crippen LogP contribution >= 0.6 is 11.6 Å². The van der Waals surface area contributed by atoms with Crippen LogP contribution < -0.4 is 5.32 Å². The van der Waals surface area contributed by atoms with E-state index in [1.165, 1.54) is 0 Å². The second-order valence-corrected chi connectivity index (χ2v) is 9.02. The average molecular weight is 440 g/mol. The van der Waals surface area contributed by atoms with Crippen LogP contribution in [0.5, 0.6) is 0 Å². The molecule has 2 saturated heterocycles. The van der Waals surface area contributed by atoms with Crippen LogP contribution in [0.2, 0.25) is 5.02 Å². The molecular weight excluding hydrogens is 410 g/mol. The van der Waals surface area contributed by atoms with Gasteiger partial charge in [-0.15, -0.1) is 0 Å². The van der Waals surface area contributed by atoms with Gasteiger partial charge in [-0.05, 0) is 69.0 Å². The normalized spacial score (nSPS) is 18.7. The molecule has 5 nitrogen and oxygen atoms in total. The monoisotopic (exact) mass is 439 g/mol. The Labute approximate surface area is 189 Å². The van der Waals surface area contributed by atoms with Crippen LogP contribution in [-0.2, 0) is 9.59 Å². The molecule has 2 aliphatic rings. The Balaban J connectivity index is 1.47. The van der Waals surface area contributed by atoms with Crippen molar-refractivity contribution >= 4 is 29.1 Å². The minimum atomic E-state index is -0.399. The first-order valence-corrected chi connectivity index (χ1v) is 11.6. The van der Waals surface area contributed by atoms with E-state index < -0.39 is 6.04 Å². The van der Waals surface area contributed by atoms with E-state index in [0.29, 0.717) is 16.6 Å². The largest absolute Gasteiger partial charge is 0.342 e. The smallest absolute Gasteiger partial charge is 0.246 e. The third-order valence-corrected chi connectivity index (χ3v) is 6.87. The Hall–Kier alpha value is -2.37. The summed E-state index contributed by atoms with van der Waals surface area (Å²) in [5, 5.41) is 3.68. The van der Waals surface area contributed by atoms with Crippen LogP contribution in [0.4, 0.5) is 5.69 Å². The minimum Gasteiger partial charge on any atom is -0.342 e. The summed E-state index contributed by atoms with van der Waals surface area (Å²) >= 11 is 6.24. The molecule has 2 aromatic carbocycles. The summed E-state index contributed by atoms with van der Waals surface area (Å²) in [5.41, 5.74) is 2.63. The molecule has 31 heavy (non-hydrogen) atoms. The molecule has 2 aromatic rings. The van der Waals surface area contributed by atoms with Gasteiger partial charge in [0.05, 0.1) is 0 Å². The van der Waals surface area contributed by atoms with Crippen molar-refractivity contribution in [2.75, 3.05) is 31.5 Å². The maximum absolute atomic E-state index is 13.4. The number of anilines is 1. The van der Waals surface area contributed by atoms with Crippen LogP contribution in [0.3, 0.4) is 0 Å². The number of amides is 2. The van der Waals surface area contributed by atoms with E-state index in [0.717, 1.165) is 63.0 Å². The summed E-state index contributed by atoms with van der Waals surface area (Å²) in [4.78, 5) is 30.4. The molecule has 1 N–H and O–H groups in total. The van der Waals surface area contributed by atoms with Gasteiger partial charge in [0.15, 0.2) is 0 Å². The molecule has 0 unspecified atom stereocenters. The van der Waals surface area contributed by atoms with Crippen LogP contribution in [0, 0.1) is 12.8 Å². The van der Waals surface area contributed by atoms with Gasteiger partial charge < -0.3 is 10.2 Å². The molecule has 0 bridgehead atoms. The number of aryl methyl sites for hydroxylation is 1. The van der Waals surface area contributed by atoms with E-state index in [-0.39, 0.29) is 11.8 Å². The molecule has 0 aromatic heterocycles. The highest BCUT2D eigenvalue weighted by molar-refractivity contribution is 6.31. The van der Waals surface area contributed by atoms with Gasteiger partial charge in [-0.1, -0.05) is 48.0 Å². The zero-order chi connectivity index (χ0) is 21.8. The zero-order valence-corrected chi connectivity index (χ0v) is 18.8. The highest BCUT2D eigenvalue weighted by Crippen LogP contribution is 2.30. The Morgan fingerprint density at radius 3 is 2.32 bits per heavy atom. The van der Waals surface area contributed by atoms with Crippen molar-refractivity contribution in [3.8, 4) is 0 Å². The van der Waals surface area contributed by atoms with Crippen molar-refractivity contribution in [2.24, 2.45) is 5.92 Å². The SMILES string of the molecule is Cc1ccc(NC(=O)[C@H](c2ccccc2)N2CCC(C(=O)N3CCCC3)CC2)cc1Cl. The van der Waals surface area contributed by atoms with E-state index in [4.69, 9.17) is 11.6 Å². The molecule has 2 fully saturated rings. The Morgan fingerprint density at radius 2 is 1.68 bits per heavy atom. The molecule has 6 heteroatoms. The highest BCUT2D eigenvalue weighted by atomic mass is 35.5. The Morgan fingerprint density at radius 1 is 1.00 bits per heavy atom. The van der Waals surface area contributed by atoms with Crippen molar-refractivity contribution in [1.82, 2.24) is 9.80 Å². The second kappa shape index (κ2) is 9.84. The fourth-order valence-corrected chi connectivity index (χ4v) is 4.83. The molecule has 2 heterocycles. The van der Waals surface area contributed by atoms with Gasteiger partial charge >= 0.3 is 0 Å². The predicted octanol–water partition coefficient (Wildman–Crippen LogP) is 4.66. The number of benzene rings is 2. The maximum Gasteiger partial charge on any atom is 0.246 e. The first-order chi connectivity index (χ1) is 15.0. The van der Waals surface area contributed by atoms with E-state index in [1.54, 1.807) is 6.07 Å². The first-order valence-electron chi connectivity index (χ1n) is 11.2. The summed E-state index contributed by atoms with van der Waals surface area (Å²) in [6, 6.07) is 15.0. The quantitative estimate of drug-likeness (QED) is 0.736. The number of carbonyl (C=O) groups excluding carboxylic acids is 2. The number of hydrogen-bond donors (Lipinski definition) is 1. The van der Waals surface area contributed by atoms with E-state index in [9.17, 15) is 9.59 Å². The Bertz CT molecular complexity index is 920. The van der Waals surface area contributed by atoms with Crippen LogP contribution in [0.25, 0.3) is 0 Å². The van der Waals surface area contributed by atoms with E-state index in [2.05, 4.69) is 10.2 Å². The van der Waals surface area contributed by atoms with Crippen molar-refractivity contribution in [3.63, 3.8) is 0 Å². The molecule has 0 saturated carbocycles. The minimum absolute atomic E-state index is 0.0737. The summed E-state index contributed by atoms with van der Waals surface area (Å²) < 4.78 is 0. The standard InChI is InChI=1S/C25H30ClN3O2/c1-18-9-10-21(17-22(18)26)27-24(30)23(19-7-3-2-4-8-19)28-15-11-20(12-16-28)25(31)29-13-5-6-14-29/h2-4,7-10,17,20,23H,5-6,11-16H2,1H3,(H,27,30)/t23-/m0/s1. The fourth-order valence-electron chi connectivity index (χ4n) is 4.64. The molecule has 0 radical (unpaired) electrons. The fraction of sp³-hybridized carbons (Fsp3) is 0.440. The third-order valence-electron chi connectivity index (χ3n) is 6.46. The van der Waals surface area contributed by atoms with Crippen molar-refractivity contribution in [2.45, 2.75) is 38.6 Å². The molecule has 0 aliphatic carbocycles. The third kappa shape index (κ3) is 5.10. The van der Waals surface area contributed by atoms with E-state index in [1.807, 2.05) is 54.3 Å². The number of hydrogen-bond acceptors (Lipinski definition) is 3. The van der Waals surface area contributed by atoms with Crippen molar-refractivity contribution in [3.05, 3.63) is 64.7 Å². The summed E-state index contributed by atoms with van der Waals surface area (Å²) in [5.74, 6) is 0.298. The predicted molar refractivity (Wildman–Crippen MR) is 124 cm³/mol. The number of carbonyl (C=O) groups is 2. The summed E-state index contributed by atoms with van der Waals surface area (Å²) in [6.45, 7) is 5.19. The number of nitrogens with zero attached hydrogens (tertiary/aromatic N) is 2. The topological polar surface area (TPSA) is 52.7 Å². The number of rotatable bonds is 5. The molecular formula is C25H30ClN3O2. The first kappa shape index (κ1) is 21.8. The number of likely N-dealkylation sites (tertiary alicyclic amines) is 2. The lowest BCUT2D eigenvalue weighted by atomic mass is 9.92. The lowest BCUT2D eigenvalue weighted by molar-refractivity contribution is -0.136. The molecule has 2 aliphatic heterocycles. The number of halogens is 1. The Kier molecular flexibility index (Phi) is 6.93. The molecule has 164 valence electrons. The lowest BCUT2D eigenvalue weighted by Crippen LogP contribution is -2.45. The second-order valence-electron chi connectivity index (χ2n) is 8.61. The van der Waals surface area contributed by atoms with Gasteiger partial charge in [0.2, 0.25) is 11.8 Å². The molecule has 2 amide bonds. The molecule has 0 spiro atoms. The van der Waals surface area contributed by atoms with Crippen LogP contribution in [-0.4, -0.2) is 47.8 Å². The average Bonchev–Trinajstić information content (AvgIpc) is 3.32. The van der Waals surface area contributed by atoms with Gasteiger partial charge in [-0.2, -0.15) is 0 Å². The van der Waals surface area contributed by atoms with E-state index >= 15 is 0 Å². The van der Waals surface area contributed by atoms with Gasteiger partial charge in [-0.25, -0.2) is 0 Å². The number of nitrogens with one attached hydrogen (secondary N) is 1. The maximum atomic E-state index is 13.4. The van der Waals surface area contributed by atoms with Gasteiger partial charge in [-0.3, -0.25) is 14.5 Å². The lowest BCUT2D eigenvalue weighted by Gasteiger charge is -2.37. The van der Waals surface area contributed by atoms with Crippen LogP contribution in [0.15, 0.2) is 48.5 Å². The van der Waals surface area contributed by atoms with Crippen molar-refractivity contribution < 1.29 is 9.59 Å². The molecule has 4 rings (SSSR count). The van der Waals surface area contributed by atoms with Gasteiger partial charge in [0, 0.05) is 29.7 Å². The highest BCUT2D eigenvalue weighted by Gasteiger charge is 2.35. The van der Waals surface area contributed by atoms with Crippen molar-refractivity contribution in [1.29, 1.82) is 0 Å². The molecule has 1 atom stereocenters. The zero-order valence-electron chi connectivity index (χ0n) is 18.0. The number of piperidine rings is 1. The van der Waals surface area contributed by atoms with Gasteiger partial charge in [0.25, 0.3) is 0 Å². The van der Waals surface area contributed by atoms with Crippen LogP contribution in [0.1, 0.15) is 42.9 Å². The summed E-state index contributed by atoms with van der Waals surface area (Å²) in [7, 11) is 0. The summed E-state index contributed by atoms with van der Waals surface area (Å²) in [6.07, 6.45) is 3.82.